The topological polar surface area (TPSA) is 75.7 Å². The minimum atomic E-state index is -0.312. The number of benzene rings is 1. The maximum atomic E-state index is 12.4. The number of nitrogens with one attached hydrogen (secondary N) is 1. The average molecular weight is 370 g/mol. The Labute approximate surface area is 159 Å². The van der Waals surface area contributed by atoms with Gasteiger partial charge in [0.1, 0.15) is 18.9 Å². The van der Waals surface area contributed by atoms with Crippen LogP contribution in [-0.2, 0) is 27.2 Å². The largest absolute Gasteiger partial charge is 0.492 e. The van der Waals surface area contributed by atoms with Crippen molar-refractivity contribution < 1.29 is 19.1 Å². The molecule has 0 aromatic heterocycles. The van der Waals surface area contributed by atoms with Crippen LogP contribution in [0.2, 0.25) is 0 Å². The predicted octanol–water partition coefficient (Wildman–Crippen LogP) is 1.85. The van der Waals surface area contributed by atoms with Gasteiger partial charge in [-0.3, -0.25) is 19.3 Å². The van der Waals surface area contributed by atoms with Crippen LogP contribution in [0.1, 0.15) is 43.2 Å². The van der Waals surface area contributed by atoms with Crippen molar-refractivity contribution >= 4 is 17.7 Å². The molecule has 144 valence electrons. The van der Waals surface area contributed by atoms with Gasteiger partial charge in [-0.15, -0.1) is 0 Å². The summed E-state index contributed by atoms with van der Waals surface area (Å²) in [5.74, 6) is -0.250. The average Bonchev–Trinajstić information content (AvgIpc) is 3.24. The SMILES string of the molecule is O=C(CN1C(=O)[C@@H]2CCCC[C@H]2C1=O)NCCOc1ccc2c(c1)CCC2. The van der Waals surface area contributed by atoms with Gasteiger partial charge in [0.25, 0.3) is 0 Å². The van der Waals surface area contributed by atoms with Crippen LogP contribution in [0.4, 0.5) is 0 Å². The summed E-state index contributed by atoms with van der Waals surface area (Å²) >= 11 is 0. The van der Waals surface area contributed by atoms with Crippen molar-refractivity contribution in [3.05, 3.63) is 29.3 Å². The van der Waals surface area contributed by atoms with E-state index in [0.717, 1.165) is 49.2 Å². The summed E-state index contributed by atoms with van der Waals surface area (Å²) < 4.78 is 5.71. The lowest BCUT2D eigenvalue weighted by molar-refractivity contribution is -0.143. The molecule has 27 heavy (non-hydrogen) atoms. The molecule has 0 unspecified atom stereocenters. The van der Waals surface area contributed by atoms with Crippen LogP contribution in [0.5, 0.6) is 5.75 Å². The van der Waals surface area contributed by atoms with Gasteiger partial charge in [0, 0.05) is 0 Å². The van der Waals surface area contributed by atoms with Gasteiger partial charge in [-0.2, -0.15) is 0 Å². The van der Waals surface area contributed by atoms with Gasteiger partial charge in [0.2, 0.25) is 17.7 Å². The molecule has 1 saturated carbocycles. The molecule has 2 aliphatic carbocycles. The molecule has 6 nitrogen and oxygen atoms in total. The summed E-state index contributed by atoms with van der Waals surface area (Å²) in [5.41, 5.74) is 2.75. The van der Waals surface area contributed by atoms with Crippen molar-refractivity contribution in [2.24, 2.45) is 11.8 Å². The maximum Gasteiger partial charge on any atom is 0.240 e. The molecular weight excluding hydrogens is 344 g/mol. The number of hydrogen-bond acceptors (Lipinski definition) is 4. The van der Waals surface area contributed by atoms with E-state index in [9.17, 15) is 14.4 Å². The number of nitrogens with zero attached hydrogens (tertiary/aromatic N) is 1. The summed E-state index contributed by atoms with van der Waals surface area (Å²) in [7, 11) is 0. The molecule has 3 amide bonds. The minimum Gasteiger partial charge on any atom is -0.492 e. The number of ether oxygens (including phenoxy) is 1. The lowest BCUT2D eigenvalue weighted by Gasteiger charge is -2.19. The molecular formula is C21H26N2O4. The molecule has 1 aromatic rings. The number of carbonyl (C=O) groups excluding carboxylic acids is 3. The summed E-state index contributed by atoms with van der Waals surface area (Å²) in [6.07, 6.45) is 6.94. The van der Waals surface area contributed by atoms with E-state index in [1.807, 2.05) is 6.07 Å². The Morgan fingerprint density at radius 1 is 1.04 bits per heavy atom. The van der Waals surface area contributed by atoms with Gasteiger partial charge in [0.15, 0.2) is 0 Å². The monoisotopic (exact) mass is 370 g/mol. The van der Waals surface area contributed by atoms with E-state index in [1.165, 1.54) is 17.5 Å². The number of amides is 3. The van der Waals surface area contributed by atoms with Gasteiger partial charge < -0.3 is 10.1 Å². The third kappa shape index (κ3) is 3.70. The van der Waals surface area contributed by atoms with Crippen molar-refractivity contribution in [1.82, 2.24) is 10.2 Å². The highest BCUT2D eigenvalue weighted by molar-refractivity contribution is 6.07. The summed E-state index contributed by atoms with van der Waals surface area (Å²) in [6.45, 7) is 0.528. The molecule has 1 aromatic carbocycles. The van der Waals surface area contributed by atoms with E-state index in [-0.39, 0.29) is 36.1 Å². The zero-order valence-electron chi connectivity index (χ0n) is 15.5. The van der Waals surface area contributed by atoms with E-state index >= 15 is 0 Å². The van der Waals surface area contributed by atoms with Gasteiger partial charge in [-0.1, -0.05) is 18.9 Å². The van der Waals surface area contributed by atoms with Crippen LogP contribution in [-0.4, -0.2) is 42.3 Å². The number of imide groups is 1. The first-order valence-corrected chi connectivity index (χ1v) is 10.00. The third-order valence-electron chi connectivity index (χ3n) is 6.00. The molecule has 2 atom stereocenters. The Morgan fingerprint density at radius 3 is 2.48 bits per heavy atom. The van der Waals surface area contributed by atoms with Crippen LogP contribution in [0.3, 0.4) is 0 Å². The second-order valence-corrected chi connectivity index (χ2v) is 7.74. The second-order valence-electron chi connectivity index (χ2n) is 7.74. The number of fused-ring (bicyclic) bond motifs is 2. The van der Waals surface area contributed by atoms with E-state index in [4.69, 9.17) is 4.74 Å². The van der Waals surface area contributed by atoms with E-state index in [2.05, 4.69) is 17.4 Å². The molecule has 4 rings (SSSR count). The van der Waals surface area contributed by atoms with Gasteiger partial charge in [0.05, 0.1) is 18.4 Å². The van der Waals surface area contributed by atoms with Crippen LogP contribution in [0.15, 0.2) is 18.2 Å². The first-order valence-electron chi connectivity index (χ1n) is 10.00. The standard InChI is InChI=1S/C21H26N2O4/c24-19(13-23-20(25)17-6-1-2-7-18(17)21(23)26)22-10-11-27-16-9-8-14-4-3-5-15(14)12-16/h8-9,12,17-18H,1-7,10-11,13H2,(H,22,24)/t17-,18-/m1/s1. The zero-order valence-corrected chi connectivity index (χ0v) is 15.5. The predicted molar refractivity (Wildman–Crippen MR) is 99.1 cm³/mol. The molecule has 6 heteroatoms. The molecule has 3 aliphatic rings. The highest BCUT2D eigenvalue weighted by Gasteiger charge is 2.48. The first kappa shape index (κ1) is 18.0. The molecule has 1 aliphatic heterocycles. The van der Waals surface area contributed by atoms with Crippen molar-refractivity contribution in [3.8, 4) is 5.75 Å². The highest BCUT2D eigenvalue weighted by atomic mass is 16.5. The number of hydrogen-bond donors (Lipinski definition) is 1. The lowest BCUT2D eigenvalue weighted by Crippen LogP contribution is -2.42. The normalized spacial score (nSPS) is 23.9. The van der Waals surface area contributed by atoms with Crippen LogP contribution < -0.4 is 10.1 Å². The number of aryl methyl sites for hydroxylation is 2. The Bertz CT molecular complexity index is 737. The van der Waals surface area contributed by atoms with Gasteiger partial charge >= 0.3 is 0 Å². The molecule has 0 spiro atoms. The van der Waals surface area contributed by atoms with E-state index in [1.54, 1.807) is 0 Å². The highest BCUT2D eigenvalue weighted by Crippen LogP contribution is 2.37. The van der Waals surface area contributed by atoms with E-state index < -0.39 is 0 Å². The molecule has 0 bridgehead atoms. The molecule has 1 saturated heterocycles. The smallest absolute Gasteiger partial charge is 0.240 e. The zero-order chi connectivity index (χ0) is 18.8. The first-order chi connectivity index (χ1) is 13.1. The number of rotatable bonds is 6. The quantitative estimate of drug-likeness (QED) is 0.612. The van der Waals surface area contributed by atoms with Crippen molar-refractivity contribution in [3.63, 3.8) is 0 Å². The van der Waals surface area contributed by atoms with Gasteiger partial charge in [-0.25, -0.2) is 0 Å². The van der Waals surface area contributed by atoms with E-state index in [0.29, 0.717) is 13.2 Å². The van der Waals surface area contributed by atoms with Crippen molar-refractivity contribution in [2.75, 3.05) is 19.7 Å². The van der Waals surface area contributed by atoms with Crippen LogP contribution in [0.25, 0.3) is 0 Å². The Morgan fingerprint density at radius 2 is 1.74 bits per heavy atom. The Balaban J connectivity index is 1.22. The van der Waals surface area contributed by atoms with Crippen molar-refractivity contribution in [2.45, 2.75) is 44.9 Å². The fourth-order valence-electron chi connectivity index (χ4n) is 4.58. The van der Waals surface area contributed by atoms with Crippen LogP contribution in [0, 0.1) is 11.8 Å². The lowest BCUT2D eigenvalue weighted by atomic mass is 9.81. The molecule has 2 fully saturated rings. The van der Waals surface area contributed by atoms with Gasteiger partial charge in [-0.05, 0) is 55.4 Å². The summed E-state index contributed by atoms with van der Waals surface area (Å²) in [5, 5.41) is 2.74. The Kier molecular flexibility index (Phi) is 5.14. The van der Waals surface area contributed by atoms with Crippen LogP contribution >= 0.6 is 0 Å². The number of carbonyl (C=O) groups is 3. The maximum absolute atomic E-state index is 12.4. The molecule has 1 N–H and O–H groups in total. The fourth-order valence-corrected chi connectivity index (χ4v) is 4.58. The third-order valence-corrected chi connectivity index (χ3v) is 6.00. The Hall–Kier alpha value is -2.37. The fraction of sp³-hybridized carbons (Fsp3) is 0.571. The second kappa shape index (κ2) is 7.71. The minimum absolute atomic E-state index is 0.172. The van der Waals surface area contributed by atoms with Crippen molar-refractivity contribution in [1.29, 1.82) is 0 Å². The summed E-state index contributed by atoms with van der Waals surface area (Å²) in [6, 6.07) is 6.16. The number of likely N-dealkylation sites (tertiary alicyclic amines) is 1. The summed E-state index contributed by atoms with van der Waals surface area (Å²) in [4.78, 5) is 38.1. The molecule has 1 heterocycles. The molecule has 0 radical (unpaired) electrons.